The summed E-state index contributed by atoms with van der Waals surface area (Å²) >= 11 is 7.47. The maximum atomic E-state index is 12.4. The molecule has 5 nitrogen and oxygen atoms in total. The van der Waals surface area contributed by atoms with Gasteiger partial charge in [0, 0.05) is 24.0 Å². The molecule has 0 unspecified atom stereocenters. The summed E-state index contributed by atoms with van der Waals surface area (Å²) in [5, 5.41) is 6.30. The van der Waals surface area contributed by atoms with E-state index in [1.165, 1.54) is 0 Å². The van der Waals surface area contributed by atoms with Gasteiger partial charge in [-0.2, -0.15) is 0 Å². The van der Waals surface area contributed by atoms with Gasteiger partial charge in [-0.3, -0.25) is 9.59 Å². The van der Waals surface area contributed by atoms with Crippen LogP contribution in [0.25, 0.3) is 0 Å². The van der Waals surface area contributed by atoms with E-state index in [4.69, 9.17) is 11.6 Å². The van der Waals surface area contributed by atoms with E-state index in [1.807, 2.05) is 19.1 Å². The Labute approximate surface area is 139 Å². The van der Waals surface area contributed by atoms with Gasteiger partial charge in [-0.15, -0.1) is 11.3 Å². The zero-order valence-corrected chi connectivity index (χ0v) is 14.0. The Morgan fingerprint density at radius 3 is 2.95 bits per heavy atom. The molecule has 3 heterocycles. The van der Waals surface area contributed by atoms with Crippen LogP contribution in [0.2, 0.25) is 4.34 Å². The molecule has 0 saturated carbocycles. The number of amides is 2. The Kier molecular flexibility index (Phi) is 4.70. The summed E-state index contributed by atoms with van der Waals surface area (Å²) in [6.07, 6.45) is 2.27. The molecule has 0 bridgehead atoms. The number of thiophene rings is 1. The summed E-state index contributed by atoms with van der Waals surface area (Å²) in [6.45, 7) is 3.35. The van der Waals surface area contributed by atoms with Gasteiger partial charge in [0.1, 0.15) is 12.1 Å². The second-order valence-corrected chi connectivity index (χ2v) is 7.68. The van der Waals surface area contributed by atoms with E-state index in [2.05, 4.69) is 10.6 Å². The number of piperazine rings is 1. The highest BCUT2D eigenvalue weighted by atomic mass is 35.5. The fourth-order valence-corrected chi connectivity index (χ4v) is 4.22. The third-order valence-corrected chi connectivity index (χ3v) is 5.50. The van der Waals surface area contributed by atoms with Gasteiger partial charge in [-0.25, -0.2) is 0 Å². The van der Waals surface area contributed by atoms with Crippen LogP contribution in [0.1, 0.15) is 31.1 Å². The van der Waals surface area contributed by atoms with Gasteiger partial charge in [0.25, 0.3) is 0 Å². The zero-order chi connectivity index (χ0) is 15.7. The summed E-state index contributed by atoms with van der Waals surface area (Å²) in [5.41, 5.74) is 0. The topological polar surface area (TPSA) is 61.4 Å². The van der Waals surface area contributed by atoms with Gasteiger partial charge in [0.2, 0.25) is 11.8 Å². The number of hydrogen-bond donors (Lipinski definition) is 2. The molecule has 2 fully saturated rings. The smallest absolute Gasteiger partial charge is 0.245 e. The highest BCUT2D eigenvalue weighted by Crippen LogP contribution is 2.25. The fourth-order valence-electron chi connectivity index (χ4n) is 3.18. The first kappa shape index (κ1) is 15.8. The quantitative estimate of drug-likeness (QED) is 0.858. The molecule has 1 aromatic heterocycles. The monoisotopic (exact) mass is 341 g/mol. The molecule has 0 aliphatic carbocycles. The van der Waals surface area contributed by atoms with Crippen molar-refractivity contribution in [2.24, 2.45) is 0 Å². The third-order valence-electron chi connectivity index (χ3n) is 4.27. The molecular weight excluding hydrogens is 322 g/mol. The molecule has 2 aliphatic rings. The highest BCUT2D eigenvalue weighted by molar-refractivity contribution is 7.16. The van der Waals surface area contributed by atoms with E-state index < -0.39 is 0 Å². The summed E-state index contributed by atoms with van der Waals surface area (Å²) in [4.78, 5) is 27.5. The lowest BCUT2D eigenvalue weighted by molar-refractivity contribution is -0.147. The van der Waals surface area contributed by atoms with Crippen LogP contribution in [-0.2, 0) is 16.1 Å². The van der Waals surface area contributed by atoms with Crippen LogP contribution in [0, 0.1) is 0 Å². The van der Waals surface area contributed by atoms with Crippen molar-refractivity contribution in [3.05, 3.63) is 21.3 Å². The van der Waals surface area contributed by atoms with Crippen LogP contribution < -0.4 is 10.6 Å². The Hall–Kier alpha value is -1.11. The minimum absolute atomic E-state index is 0.0125. The van der Waals surface area contributed by atoms with E-state index in [9.17, 15) is 9.59 Å². The molecule has 0 radical (unpaired) electrons. The molecule has 0 aromatic carbocycles. The average Bonchev–Trinajstić information content (AvgIpc) is 3.09. The van der Waals surface area contributed by atoms with Crippen molar-refractivity contribution in [2.75, 3.05) is 6.54 Å². The lowest BCUT2D eigenvalue weighted by atomic mass is 10.0. The molecule has 3 rings (SSSR count). The largest absolute Gasteiger partial charge is 0.343 e. The lowest BCUT2D eigenvalue weighted by Gasteiger charge is -2.34. The van der Waals surface area contributed by atoms with Crippen molar-refractivity contribution < 1.29 is 9.59 Å². The maximum Gasteiger partial charge on any atom is 0.245 e. The molecule has 2 aliphatic heterocycles. The predicted molar refractivity (Wildman–Crippen MR) is 86.9 cm³/mol. The second kappa shape index (κ2) is 6.56. The fraction of sp³-hybridized carbons (Fsp3) is 0.600. The standard InChI is InChI=1S/C15H20ClN3O2S/c1-2-3-11-15(21)19-8-9(6-12(19)14(20)18-11)17-7-10-4-5-13(16)22-10/h4-5,9,11-12,17H,2-3,6-8H2,1H3,(H,18,20)/t9-,11-,12-/m0/s1. The molecule has 22 heavy (non-hydrogen) atoms. The minimum Gasteiger partial charge on any atom is -0.343 e. The van der Waals surface area contributed by atoms with Crippen molar-refractivity contribution >= 4 is 34.8 Å². The normalized spacial score (nSPS) is 27.9. The van der Waals surface area contributed by atoms with Gasteiger partial charge < -0.3 is 15.5 Å². The van der Waals surface area contributed by atoms with Gasteiger partial charge >= 0.3 is 0 Å². The lowest BCUT2D eigenvalue weighted by Crippen LogP contribution is -2.61. The first-order chi connectivity index (χ1) is 10.6. The van der Waals surface area contributed by atoms with Crippen molar-refractivity contribution in [1.29, 1.82) is 0 Å². The Balaban J connectivity index is 1.60. The van der Waals surface area contributed by atoms with Crippen LogP contribution in [-0.4, -0.2) is 41.4 Å². The summed E-state index contributed by atoms with van der Waals surface area (Å²) in [7, 11) is 0. The number of nitrogens with zero attached hydrogens (tertiary/aromatic N) is 1. The summed E-state index contributed by atoms with van der Waals surface area (Å²) in [5.74, 6) is 0.0523. The molecule has 7 heteroatoms. The number of rotatable bonds is 5. The molecule has 3 atom stereocenters. The Morgan fingerprint density at radius 2 is 2.27 bits per heavy atom. The van der Waals surface area contributed by atoms with Crippen LogP contribution in [0.5, 0.6) is 0 Å². The first-order valence-electron chi connectivity index (χ1n) is 7.67. The van der Waals surface area contributed by atoms with Crippen LogP contribution >= 0.6 is 22.9 Å². The summed E-state index contributed by atoms with van der Waals surface area (Å²) in [6, 6.07) is 3.37. The second-order valence-electron chi connectivity index (χ2n) is 5.88. The predicted octanol–water partition coefficient (Wildman–Crippen LogP) is 1.76. The average molecular weight is 342 g/mol. The highest BCUT2D eigenvalue weighted by Gasteiger charge is 2.45. The Bertz CT molecular complexity index is 577. The van der Waals surface area contributed by atoms with Crippen molar-refractivity contribution in [3.8, 4) is 0 Å². The number of nitrogens with one attached hydrogen (secondary N) is 2. The van der Waals surface area contributed by atoms with Gasteiger partial charge in [-0.05, 0) is 25.0 Å². The Morgan fingerprint density at radius 1 is 1.45 bits per heavy atom. The van der Waals surface area contributed by atoms with Gasteiger partial charge in [0.15, 0.2) is 0 Å². The SMILES string of the molecule is CCC[C@@H]1NC(=O)[C@@H]2C[C@H](NCc3ccc(Cl)s3)CN2C1=O. The number of hydrogen-bond acceptors (Lipinski definition) is 4. The summed E-state index contributed by atoms with van der Waals surface area (Å²) < 4.78 is 0.776. The zero-order valence-electron chi connectivity index (χ0n) is 12.5. The van der Waals surface area contributed by atoms with Gasteiger partial charge in [0.05, 0.1) is 4.34 Å². The number of carbonyl (C=O) groups is 2. The molecule has 2 N–H and O–H groups in total. The first-order valence-corrected chi connectivity index (χ1v) is 8.86. The molecule has 1 aromatic rings. The van der Waals surface area contributed by atoms with Crippen molar-refractivity contribution in [2.45, 2.75) is 50.9 Å². The minimum atomic E-state index is -0.344. The van der Waals surface area contributed by atoms with Crippen molar-refractivity contribution in [3.63, 3.8) is 0 Å². The van der Waals surface area contributed by atoms with Gasteiger partial charge in [-0.1, -0.05) is 24.9 Å². The van der Waals surface area contributed by atoms with Crippen LogP contribution in [0.3, 0.4) is 0 Å². The molecule has 2 amide bonds. The van der Waals surface area contributed by atoms with E-state index in [-0.39, 0.29) is 29.9 Å². The van der Waals surface area contributed by atoms with Crippen LogP contribution in [0.4, 0.5) is 0 Å². The molecule has 120 valence electrons. The maximum absolute atomic E-state index is 12.4. The number of carbonyl (C=O) groups excluding carboxylic acids is 2. The molecule has 2 saturated heterocycles. The van der Waals surface area contributed by atoms with E-state index >= 15 is 0 Å². The molecular formula is C15H20ClN3O2S. The van der Waals surface area contributed by atoms with Crippen molar-refractivity contribution in [1.82, 2.24) is 15.5 Å². The number of fused-ring (bicyclic) bond motifs is 1. The third kappa shape index (κ3) is 3.14. The molecule has 0 spiro atoms. The van der Waals surface area contributed by atoms with E-state index in [1.54, 1.807) is 16.2 Å². The van der Waals surface area contributed by atoms with Crippen LogP contribution in [0.15, 0.2) is 12.1 Å². The number of halogens is 1. The van der Waals surface area contributed by atoms with E-state index in [0.717, 1.165) is 22.2 Å². The van der Waals surface area contributed by atoms with E-state index in [0.29, 0.717) is 19.4 Å².